The van der Waals surface area contributed by atoms with Crippen molar-refractivity contribution < 1.29 is 13.9 Å². The second-order valence-electron chi connectivity index (χ2n) is 11.6. The molecule has 2 aliphatic rings. The molecule has 3 atom stereocenters. The first kappa shape index (κ1) is 25.7. The molecule has 7 rings (SSSR count). The normalized spacial score (nSPS) is 23.7. The van der Waals surface area contributed by atoms with Crippen molar-refractivity contribution in [3.05, 3.63) is 131 Å². The average Bonchev–Trinajstić information content (AvgIpc) is 3.67. The van der Waals surface area contributed by atoms with Gasteiger partial charge in [-0.3, -0.25) is 4.79 Å². The van der Waals surface area contributed by atoms with Crippen LogP contribution in [0.1, 0.15) is 39.9 Å². The van der Waals surface area contributed by atoms with Gasteiger partial charge < -0.3 is 9.64 Å². The van der Waals surface area contributed by atoms with Gasteiger partial charge in [0.15, 0.2) is 0 Å². The molecule has 0 bridgehead atoms. The molecule has 1 saturated carbocycles. The maximum absolute atomic E-state index is 13.7. The Morgan fingerprint density at radius 1 is 0.976 bits per heavy atom. The fourth-order valence-electron chi connectivity index (χ4n) is 7.47. The van der Waals surface area contributed by atoms with Gasteiger partial charge >= 0.3 is 0 Å². The van der Waals surface area contributed by atoms with Crippen LogP contribution >= 0.6 is 0 Å². The summed E-state index contributed by atoms with van der Waals surface area (Å²) in [5, 5.41) is 5.69. The first-order valence-corrected chi connectivity index (χ1v) is 14.1. The predicted molar refractivity (Wildman–Crippen MR) is 158 cm³/mol. The Labute approximate surface area is 239 Å². The molecule has 1 aliphatic heterocycles. The second-order valence-corrected chi connectivity index (χ2v) is 11.6. The van der Waals surface area contributed by atoms with Crippen LogP contribution in [0, 0.1) is 18.7 Å². The van der Waals surface area contributed by atoms with Gasteiger partial charge in [-0.1, -0.05) is 48.5 Å². The van der Waals surface area contributed by atoms with E-state index in [9.17, 15) is 9.18 Å². The van der Waals surface area contributed by atoms with Crippen molar-refractivity contribution in [2.75, 3.05) is 20.2 Å². The second kappa shape index (κ2) is 9.67. The van der Waals surface area contributed by atoms with E-state index in [1.54, 1.807) is 12.1 Å². The summed E-state index contributed by atoms with van der Waals surface area (Å²) in [6.45, 7) is 3.46. The van der Waals surface area contributed by atoms with Crippen molar-refractivity contribution in [2.24, 2.45) is 5.92 Å². The number of likely N-dealkylation sites (tertiary alicyclic amines) is 1. The molecular formula is C35H32FN3O2. The van der Waals surface area contributed by atoms with E-state index in [4.69, 9.17) is 4.74 Å². The van der Waals surface area contributed by atoms with Crippen molar-refractivity contribution in [1.82, 2.24) is 14.7 Å². The fraction of sp³-hybridized carbons (Fsp3) is 0.257. The first-order chi connectivity index (χ1) is 19.9. The summed E-state index contributed by atoms with van der Waals surface area (Å²) in [7, 11) is 1.82. The number of ether oxygens (including phenoxy) is 1. The van der Waals surface area contributed by atoms with Crippen LogP contribution in [0.4, 0.5) is 4.39 Å². The van der Waals surface area contributed by atoms with Crippen LogP contribution in [-0.4, -0.2) is 40.8 Å². The Morgan fingerprint density at radius 3 is 2.39 bits per heavy atom. The van der Waals surface area contributed by atoms with Crippen LogP contribution in [0.2, 0.25) is 0 Å². The highest BCUT2D eigenvalue weighted by molar-refractivity contribution is 5.94. The minimum Gasteiger partial charge on any atom is -0.373 e. The fourth-order valence-corrected chi connectivity index (χ4v) is 7.47. The summed E-state index contributed by atoms with van der Waals surface area (Å²) in [6.07, 6.45) is 3.49. The van der Waals surface area contributed by atoms with E-state index >= 15 is 0 Å². The summed E-state index contributed by atoms with van der Waals surface area (Å²) in [6, 6.07) is 30.9. The van der Waals surface area contributed by atoms with E-state index in [1.165, 1.54) is 23.3 Å². The van der Waals surface area contributed by atoms with Gasteiger partial charge in [-0.15, -0.1) is 0 Å². The third kappa shape index (κ3) is 4.08. The molecular weight excluding hydrogens is 513 g/mol. The lowest BCUT2D eigenvalue weighted by Gasteiger charge is -2.35. The number of benzene rings is 4. The van der Waals surface area contributed by atoms with E-state index in [2.05, 4.69) is 48.4 Å². The summed E-state index contributed by atoms with van der Waals surface area (Å²) in [4.78, 5) is 15.7. The molecule has 0 unspecified atom stereocenters. The number of amides is 1. The van der Waals surface area contributed by atoms with Crippen LogP contribution in [0.15, 0.2) is 103 Å². The van der Waals surface area contributed by atoms with Crippen LogP contribution in [0.5, 0.6) is 0 Å². The van der Waals surface area contributed by atoms with Gasteiger partial charge in [-0.2, -0.15) is 5.10 Å². The van der Waals surface area contributed by atoms with Crippen molar-refractivity contribution in [1.29, 1.82) is 0 Å². The minimum atomic E-state index is -0.437. The molecule has 1 amide bonds. The molecule has 2 fully saturated rings. The van der Waals surface area contributed by atoms with Crippen molar-refractivity contribution in [3.63, 3.8) is 0 Å². The molecule has 5 nitrogen and oxygen atoms in total. The van der Waals surface area contributed by atoms with Crippen molar-refractivity contribution in [2.45, 2.75) is 30.8 Å². The SMILES string of the molecule is CO[C@@]1(c2ccccc2)C[C@H]2CN(C(=O)c3ccccc3)C[C@@]2(c2cc3cnn(-c4ccc(F)cc4)c3cc2C)C1. The van der Waals surface area contributed by atoms with Crippen LogP contribution in [0.25, 0.3) is 16.6 Å². The number of rotatable bonds is 5. The number of aryl methyl sites for hydroxylation is 1. The van der Waals surface area contributed by atoms with Gasteiger partial charge in [0.1, 0.15) is 5.82 Å². The maximum Gasteiger partial charge on any atom is 0.253 e. The van der Waals surface area contributed by atoms with Crippen LogP contribution < -0.4 is 0 Å². The average molecular weight is 546 g/mol. The molecule has 1 aromatic heterocycles. The smallest absolute Gasteiger partial charge is 0.253 e. The predicted octanol–water partition coefficient (Wildman–Crippen LogP) is 6.82. The van der Waals surface area contributed by atoms with Crippen molar-refractivity contribution >= 4 is 16.8 Å². The Bertz CT molecular complexity index is 1730. The highest BCUT2D eigenvalue weighted by atomic mass is 19.1. The molecule has 2 heterocycles. The molecule has 5 aromatic rings. The number of carbonyl (C=O) groups excluding carboxylic acids is 1. The Kier molecular flexibility index (Phi) is 6.05. The highest BCUT2D eigenvalue weighted by Crippen LogP contribution is 2.60. The number of aromatic nitrogens is 2. The van der Waals surface area contributed by atoms with Crippen LogP contribution in [-0.2, 0) is 15.8 Å². The molecule has 0 N–H and O–H groups in total. The number of hydrogen-bond acceptors (Lipinski definition) is 3. The van der Waals surface area contributed by atoms with Gasteiger partial charge in [0, 0.05) is 36.6 Å². The number of methoxy groups -OCH3 is 1. The lowest BCUT2D eigenvalue weighted by atomic mass is 9.72. The lowest BCUT2D eigenvalue weighted by molar-refractivity contribution is -0.0195. The van der Waals surface area contributed by atoms with E-state index in [0.717, 1.165) is 40.6 Å². The zero-order valence-electron chi connectivity index (χ0n) is 23.3. The Hall–Kier alpha value is -4.29. The van der Waals surface area contributed by atoms with E-state index in [1.807, 2.05) is 59.3 Å². The Morgan fingerprint density at radius 2 is 1.68 bits per heavy atom. The molecule has 206 valence electrons. The monoisotopic (exact) mass is 545 g/mol. The standard InChI is InChI=1S/C35H32FN3O2/c1-24-17-32-26(20-37-39(32)30-15-13-29(36)14-16-30)18-31(24)34-22-35(41-2,27-11-7-4-8-12-27)19-28(34)21-38(23-34)33(40)25-9-5-3-6-10-25/h3-18,20,28H,19,21-23H2,1-2H3/t28-,34-,35-/m0/s1. The van der Waals surface area contributed by atoms with Crippen molar-refractivity contribution in [3.8, 4) is 5.69 Å². The molecule has 1 aliphatic carbocycles. The van der Waals surface area contributed by atoms with Crippen LogP contribution in [0.3, 0.4) is 0 Å². The van der Waals surface area contributed by atoms with Gasteiger partial charge in [0.25, 0.3) is 5.91 Å². The molecule has 41 heavy (non-hydrogen) atoms. The van der Waals surface area contributed by atoms with Gasteiger partial charge in [-0.25, -0.2) is 9.07 Å². The number of carbonyl (C=O) groups is 1. The number of halogens is 1. The molecule has 0 spiro atoms. The van der Waals surface area contributed by atoms with Gasteiger partial charge in [0.2, 0.25) is 0 Å². The van der Waals surface area contributed by atoms with E-state index in [-0.39, 0.29) is 23.1 Å². The highest BCUT2D eigenvalue weighted by Gasteiger charge is 2.61. The van der Waals surface area contributed by atoms with E-state index in [0.29, 0.717) is 13.1 Å². The topological polar surface area (TPSA) is 47.4 Å². The number of hydrogen-bond donors (Lipinski definition) is 0. The number of nitrogens with zero attached hydrogens (tertiary/aromatic N) is 3. The van der Waals surface area contributed by atoms with E-state index < -0.39 is 5.60 Å². The third-order valence-corrected chi connectivity index (χ3v) is 9.39. The zero-order chi connectivity index (χ0) is 28.2. The molecule has 6 heteroatoms. The molecule has 4 aromatic carbocycles. The zero-order valence-corrected chi connectivity index (χ0v) is 23.3. The Balaban J connectivity index is 1.34. The van der Waals surface area contributed by atoms with Gasteiger partial charge in [-0.05, 0) is 90.9 Å². The summed E-state index contributed by atoms with van der Waals surface area (Å²) < 4.78 is 21.9. The first-order valence-electron chi connectivity index (χ1n) is 14.1. The van der Waals surface area contributed by atoms with Gasteiger partial charge in [0.05, 0.1) is 23.0 Å². The molecule has 0 radical (unpaired) electrons. The largest absolute Gasteiger partial charge is 0.373 e. The maximum atomic E-state index is 13.7. The molecule has 1 saturated heterocycles. The third-order valence-electron chi connectivity index (χ3n) is 9.39. The quantitative estimate of drug-likeness (QED) is 0.244. The lowest BCUT2D eigenvalue weighted by Crippen LogP contribution is -2.38. The summed E-state index contributed by atoms with van der Waals surface area (Å²) in [5.41, 5.74) is 5.36. The number of fused-ring (bicyclic) bond motifs is 2. The summed E-state index contributed by atoms with van der Waals surface area (Å²) >= 11 is 0. The minimum absolute atomic E-state index is 0.0740. The summed E-state index contributed by atoms with van der Waals surface area (Å²) in [5.74, 6) is 0.0227.